The Kier molecular flexibility index (Phi) is 4.01. The molecular weight excluding hydrogens is 353 g/mol. The number of benzene rings is 1. The maximum atomic E-state index is 14.3. The fraction of sp³-hybridized carbons (Fsp3) is 0.389. The third-order valence-corrected chi connectivity index (χ3v) is 4.88. The largest absolute Gasteiger partial charge is 0.493 e. The molecule has 2 aliphatic heterocycles. The Hall–Kier alpha value is -2.94. The molecule has 0 amide bonds. The van der Waals surface area contributed by atoms with Gasteiger partial charge in [0.05, 0.1) is 18.9 Å². The van der Waals surface area contributed by atoms with Crippen molar-refractivity contribution in [2.75, 3.05) is 25.1 Å². The highest BCUT2D eigenvalue weighted by Crippen LogP contribution is 2.30. The van der Waals surface area contributed by atoms with E-state index in [-0.39, 0.29) is 18.5 Å². The van der Waals surface area contributed by atoms with Crippen molar-refractivity contribution in [3.63, 3.8) is 0 Å². The van der Waals surface area contributed by atoms with Crippen LogP contribution in [0.2, 0.25) is 0 Å². The van der Waals surface area contributed by atoms with Crippen LogP contribution in [0.25, 0.3) is 5.65 Å². The van der Waals surface area contributed by atoms with Gasteiger partial charge in [-0.15, -0.1) is 10.2 Å². The zero-order valence-electron chi connectivity index (χ0n) is 14.5. The summed E-state index contributed by atoms with van der Waals surface area (Å²) in [5.74, 6) is 1.54. The average molecular weight is 371 g/mol. The Morgan fingerprint density at radius 1 is 1.33 bits per heavy atom. The van der Waals surface area contributed by atoms with Crippen molar-refractivity contribution in [1.82, 2.24) is 19.6 Å². The quantitative estimate of drug-likeness (QED) is 0.709. The fourth-order valence-electron chi connectivity index (χ4n) is 3.30. The van der Waals surface area contributed by atoms with Crippen molar-refractivity contribution in [2.45, 2.75) is 25.5 Å². The van der Waals surface area contributed by atoms with Crippen molar-refractivity contribution in [3.05, 3.63) is 41.6 Å². The number of hydrogen-bond acceptors (Lipinski definition) is 7. The smallest absolute Gasteiger partial charge is 0.210 e. The van der Waals surface area contributed by atoms with Gasteiger partial charge >= 0.3 is 0 Å². The number of halogens is 1. The van der Waals surface area contributed by atoms with Gasteiger partial charge in [0.15, 0.2) is 5.75 Å². The highest BCUT2D eigenvalue weighted by Gasteiger charge is 2.21. The molecule has 9 heteroatoms. The molecule has 0 bridgehead atoms. The van der Waals surface area contributed by atoms with Crippen LogP contribution in [-0.4, -0.2) is 45.5 Å². The molecule has 2 aliphatic rings. The summed E-state index contributed by atoms with van der Waals surface area (Å²) < 4.78 is 32.6. The number of fused-ring (bicyclic) bond motifs is 2. The predicted molar refractivity (Wildman–Crippen MR) is 93.6 cm³/mol. The lowest BCUT2D eigenvalue weighted by Crippen LogP contribution is -2.32. The molecule has 1 saturated heterocycles. The first-order chi connectivity index (χ1) is 13.3. The minimum Gasteiger partial charge on any atom is -0.493 e. The van der Waals surface area contributed by atoms with E-state index in [0.717, 1.165) is 24.3 Å². The molecule has 2 aromatic heterocycles. The van der Waals surface area contributed by atoms with Crippen LogP contribution in [0.3, 0.4) is 0 Å². The van der Waals surface area contributed by atoms with E-state index in [1.807, 2.05) is 0 Å². The molecule has 8 nitrogen and oxygen atoms in total. The van der Waals surface area contributed by atoms with Crippen LogP contribution < -0.4 is 14.8 Å². The highest BCUT2D eigenvalue weighted by molar-refractivity contribution is 5.56. The van der Waals surface area contributed by atoms with Crippen molar-refractivity contribution in [2.24, 2.45) is 0 Å². The van der Waals surface area contributed by atoms with E-state index in [1.54, 1.807) is 23.0 Å². The van der Waals surface area contributed by atoms with Crippen LogP contribution in [0.1, 0.15) is 17.5 Å². The number of rotatable bonds is 6. The molecule has 0 radical (unpaired) electrons. The zero-order valence-corrected chi connectivity index (χ0v) is 14.5. The Balaban J connectivity index is 1.37. The first kappa shape index (κ1) is 16.2. The number of nitrogens with one attached hydrogen (secondary N) is 1. The molecule has 140 valence electrons. The van der Waals surface area contributed by atoms with Crippen LogP contribution in [0.15, 0.2) is 24.7 Å². The number of ether oxygens (including phenoxy) is 3. The molecule has 4 heterocycles. The molecule has 27 heavy (non-hydrogen) atoms. The molecule has 1 fully saturated rings. The van der Waals surface area contributed by atoms with E-state index in [0.29, 0.717) is 42.5 Å². The molecule has 1 atom stereocenters. The summed E-state index contributed by atoms with van der Waals surface area (Å²) in [5.41, 5.74) is 2.05. The van der Waals surface area contributed by atoms with E-state index >= 15 is 0 Å². The second-order valence-corrected chi connectivity index (χ2v) is 6.52. The number of hydrogen-bond donors (Lipinski definition) is 1. The van der Waals surface area contributed by atoms with Crippen molar-refractivity contribution >= 4 is 11.6 Å². The predicted octanol–water partition coefficient (Wildman–Crippen LogP) is 1.98. The van der Waals surface area contributed by atoms with Crippen LogP contribution >= 0.6 is 0 Å². The van der Waals surface area contributed by atoms with E-state index in [4.69, 9.17) is 14.2 Å². The summed E-state index contributed by atoms with van der Waals surface area (Å²) in [6, 6.07) is 3.11. The van der Waals surface area contributed by atoms with Gasteiger partial charge in [-0.1, -0.05) is 0 Å². The van der Waals surface area contributed by atoms with Crippen LogP contribution in [0, 0.1) is 5.82 Å². The molecular formula is C18H18FN5O3. The van der Waals surface area contributed by atoms with Crippen molar-refractivity contribution in [3.8, 4) is 11.5 Å². The minimum atomic E-state index is -0.257. The van der Waals surface area contributed by atoms with Gasteiger partial charge in [0.1, 0.15) is 24.5 Å². The van der Waals surface area contributed by atoms with Gasteiger partial charge in [0, 0.05) is 37.1 Å². The van der Waals surface area contributed by atoms with Gasteiger partial charge in [0.2, 0.25) is 11.6 Å². The Bertz CT molecular complexity index is 989. The fourth-order valence-corrected chi connectivity index (χ4v) is 3.30. The van der Waals surface area contributed by atoms with Gasteiger partial charge in [0.25, 0.3) is 0 Å². The normalized spacial score (nSPS) is 18.0. The van der Waals surface area contributed by atoms with E-state index < -0.39 is 0 Å². The van der Waals surface area contributed by atoms with Crippen molar-refractivity contribution in [1.29, 1.82) is 0 Å². The average Bonchev–Trinajstić information content (AvgIpc) is 3.30. The first-order valence-corrected chi connectivity index (χ1v) is 8.89. The molecule has 1 N–H and O–H groups in total. The minimum absolute atomic E-state index is 0.121. The van der Waals surface area contributed by atoms with Crippen LogP contribution in [0.5, 0.6) is 11.5 Å². The summed E-state index contributed by atoms with van der Waals surface area (Å²) >= 11 is 0. The molecule has 3 aromatic rings. The number of anilines is 1. The van der Waals surface area contributed by atoms with Gasteiger partial charge < -0.3 is 19.5 Å². The third kappa shape index (κ3) is 2.93. The molecule has 1 aromatic carbocycles. The van der Waals surface area contributed by atoms with Crippen LogP contribution in [-0.2, 0) is 17.7 Å². The zero-order chi connectivity index (χ0) is 18.2. The summed E-state index contributed by atoms with van der Waals surface area (Å²) in [6.07, 6.45) is 4.96. The first-order valence-electron chi connectivity index (χ1n) is 8.89. The SMILES string of the molecule is Fc1ccc2c(c1CNc1ncc(OCC3CCO3)c3nncn13)CCO2. The second-order valence-electron chi connectivity index (χ2n) is 6.52. The van der Waals surface area contributed by atoms with Gasteiger partial charge in [-0.25, -0.2) is 13.8 Å². The Labute approximate surface area is 154 Å². The molecule has 5 rings (SSSR count). The van der Waals surface area contributed by atoms with E-state index in [9.17, 15) is 4.39 Å². The lowest BCUT2D eigenvalue weighted by atomic mass is 10.0. The standard InChI is InChI=1S/C18H18FN5O3/c19-14-1-2-15-12(4-6-26-15)13(14)7-20-18-21-8-16(17-23-22-10-24(17)18)27-9-11-3-5-25-11/h1-2,8,10-11H,3-7,9H2,(H,20,21). The lowest BCUT2D eigenvalue weighted by Gasteiger charge is -2.26. The van der Waals surface area contributed by atoms with Crippen LogP contribution in [0.4, 0.5) is 10.3 Å². The Morgan fingerprint density at radius 3 is 3.11 bits per heavy atom. The van der Waals surface area contributed by atoms with Gasteiger partial charge in [-0.05, 0) is 12.1 Å². The van der Waals surface area contributed by atoms with E-state index in [2.05, 4.69) is 20.5 Å². The topological polar surface area (TPSA) is 82.8 Å². The number of nitrogens with zero attached hydrogens (tertiary/aromatic N) is 4. The molecule has 1 unspecified atom stereocenters. The second kappa shape index (κ2) is 6.66. The number of aromatic nitrogens is 4. The molecule has 0 saturated carbocycles. The Morgan fingerprint density at radius 2 is 2.26 bits per heavy atom. The maximum absolute atomic E-state index is 14.3. The summed E-state index contributed by atoms with van der Waals surface area (Å²) in [4.78, 5) is 4.39. The monoisotopic (exact) mass is 371 g/mol. The maximum Gasteiger partial charge on any atom is 0.210 e. The highest BCUT2D eigenvalue weighted by atomic mass is 19.1. The van der Waals surface area contributed by atoms with Gasteiger partial charge in [-0.2, -0.15) is 0 Å². The van der Waals surface area contributed by atoms with E-state index in [1.165, 1.54) is 6.07 Å². The summed E-state index contributed by atoms with van der Waals surface area (Å²) in [6.45, 7) is 2.10. The van der Waals surface area contributed by atoms with Crippen molar-refractivity contribution < 1.29 is 18.6 Å². The summed E-state index contributed by atoms with van der Waals surface area (Å²) in [5, 5.41) is 11.2. The lowest BCUT2D eigenvalue weighted by molar-refractivity contribution is -0.0719. The molecule has 0 spiro atoms. The summed E-state index contributed by atoms with van der Waals surface area (Å²) in [7, 11) is 0. The third-order valence-electron chi connectivity index (χ3n) is 4.88. The molecule has 0 aliphatic carbocycles. The van der Waals surface area contributed by atoms with Gasteiger partial charge in [-0.3, -0.25) is 0 Å².